The number of rotatable bonds is 7. The van der Waals surface area contributed by atoms with Gasteiger partial charge in [-0.05, 0) is 55.1 Å². The largest absolute Gasteiger partial charge is 0.328 e. The molecule has 1 aliphatic rings. The highest BCUT2D eigenvalue weighted by molar-refractivity contribution is 5.81. The highest BCUT2D eigenvalue weighted by Crippen LogP contribution is 2.22. The van der Waals surface area contributed by atoms with Crippen molar-refractivity contribution in [1.82, 2.24) is 14.5 Å². The molecule has 0 unspecified atom stereocenters. The summed E-state index contributed by atoms with van der Waals surface area (Å²) in [6, 6.07) is 15.2. The fourth-order valence-electron chi connectivity index (χ4n) is 3.96. The zero-order valence-electron chi connectivity index (χ0n) is 16.8. The summed E-state index contributed by atoms with van der Waals surface area (Å²) in [4.78, 5) is 30.1. The molecule has 0 bridgehead atoms. The molecule has 1 aromatic heterocycles. The highest BCUT2D eigenvalue weighted by atomic mass is 16.5. The lowest BCUT2D eigenvalue weighted by molar-refractivity contribution is 0.292. The number of fused-ring (bicyclic) bond motifs is 1. The van der Waals surface area contributed by atoms with Crippen LogP contribution in [0.15, 0.2) is 64.2 Å². The summed E-state index contributed by atoms with van der Waals surface area (Å²) in [7, 11) is 0. The van der Waals surface area contributed by atoms with Crippen molar-refractivity contribution >= 4 is 22.2 Å². The fraction of sp³-hybridized carbons (Fsp3) is 0.304. The van der Waals surface area contributed by atoms with Gasteiger partial charge in [-0.3, -0.25) is 24.9 Å². The molecular formula is C23H26N4O3. The minimum absolute atomic E-state index is 0.334. The molecule has 2 heterocycles. The molecule has 1 aliphatic heterocycles. The average Bonchev–Trinajstić information content (AvgIpc) is 2.79. The van der Waals surface area contributed by atoms with Crippen LogP contribution < -0.4 is 16.7 Å². The van der Waals surface area contributed by atoms with Gasteiger partial charge in [0, 0.05) is 19.6 Å². The van der Waals surface area contributed by atoms with Crippen LogP contribution >= 0.6 is 0 Å². The Kier molecular flexibility index (Phi) is 6.11. The number of hydrogen-bond acceptors (Lipinski definition) is 5. The lowest BCUT2D eigenvalue weighted by Gasteiger charge is -2.26. The lowest BCUT2D eigenvalue weighted by atomic mass is 9.99. The molecule has 0 spiro atoms. The van der Waals surface area contributed by atoms with E-state index in [-0.39, 0.29) is 5.56 Å². The summed E-state index contributed by atoms with van der Waals surface area (Å²) in [5, 5.41) is 9.43. The number of anilines is 1. The molecule has 0 radical (unpaired) electrons. The summed E-state index contributed by atoms with van der Waals surface area (Å²) < 4.78 is 1.24. The molecule has 7 heteroatoms. The SMILES string of the molecule is O=c1[nH]c2ccc(NO)cc2c(=O)n1CCCCN1CC=C(c2ccccc2)CC1. The first-order valence-corrected chi connectivity index (χ1v) is 10.3. The molecule has 2 aromatic carbocycles. The standard InChI is InChI=1S/C23H26N4O3/c28-22-20-16-19(25-30)8-9-21(20)24-23(29)27(22)13-5-4-12-26-14-10-18(11-15-26)17-6-2-1-3-7-17/h1-3,6-10,16,25,30H,4-5,11-15H2,(H,24,29). The van der Waals surface area contributed by atoms with E-state index in [1.165, 1.54) is 21.8 Å². The second kappa shape index (κ2) is 9.11. The van der Waals surface area contributed by atoms with E-state index in [4.69, 9.17) is 5.21 Å². The summed E-state index contributed by atoms with van der Waals surface area (Å²) in [6.07, 6.45) is 4.99. The number of unbranched alkanes of at least 4 members (excludes halogenated alkanes) is 1. The van der Waals surface area contributed by atoms with Crippen molar-refractivity contribution in [1.29, 1.82) is 0 Å². The van der Waals surface area contributed by atoms with Crippen molar-refractivity contribution in [3.8, 4) is 0 Å². The Morgan fingerprint density at radius 2 is 1.83 bits per heavy atom. The molecule has 0 saturated heterocycles. The van der Waals surface area contributed by atoms with Gasteiger partial charge in [-0.15, -0.1) is 0 Å². The Morgan fingerprint density at radius 3 is 2.57 bits per heavy atom. The highest BCUT2D eigenvalue weighted by Gasteiger charge is 2.13. The maximum Gasteiger partial charge on any atom is 0.328 e. The molecule has 3 aromatic rings. The van der Waals surface area contributed by atoms with Gasteiger partial charge in [0.1, 0.15) is 0 Å². The summed E-state index contributed by atoms with van der Waals surface area (Å²) in [6.45, 7) is 3.27. The van der Waals surface area contributed by atoms with Gasteiger partial charge in [0.2, 0.25) is 0 Å². The monoisotopic (exact) mass is 406 g/mol. The number of aromatic amines is 1. The van der Waals surface area contributed by atoms with Crippen LogP contribution in [0.5, 0.6) is 0 Å². The molecule has 0 fully saturated rings. The number of nitrogens with zero attached hydrogens (tertiary/aromatic N) is 2. The third-order valence-electron chi connectivity index (χ3n) is 5.65. The van der Waals surface area contributed by atoms with Gasteiger partial charge >= 0.3 is 5.69 Å². The summed E-state index contributed by atoms with van der Waals surface area (Å²) >= 11 is 0. The van der Waals surface area contributed by atoms with Crippen LogP contribution in [0.4, 0.5) is 5.69 Å². The zero-order chi connectivity index (χ0) is 20.9. The Labute approximate surface area is 174 Å². The van der Waals surface area contributed by atoms with Gasteiger partial charge in [-0.25, -0.2) is 4.79 Å². The number of nitrogens with one attached hydrogen (secondary N) is 2. The predicted octanol–water partition coefficient (Wildman–Crippen LogP) is 3.06. The van der Waals surface area contributed by atoms with Crippen LogP contribution in [0.3, 0.4) is 0 Å². The molecule has 0 saturated carbocycles. The van der Waals surface area contributed by atoms with Crippen molar-refractivity contribution in [3.05, 3.63) is 81.0 Å². The number of aromatic nitrogens is 2. The molecule has 3 N–H and O–H groups in total. The fourth-order valence-corrected chi connectivity index (χ4v) is 3.96. The van der Waals surface area contributed by atoms with Crippen LogP contribution in [-0.2, 0) is 6.54 Å². The summed E-state index contributed by atoms with van der Waals surface area (Å²) in [5.74, 6) is 0. The van der Waals surface area contributed by atoms with Gasteiger partial charge in [0.25, 0.3) is 5.56 Å². The van der Waals surface area contributed by atoms with Crippen molar-refractivity contribution in [2.45, 2.75) is 25.8 Å². The Hall–Kier alpha value is -3.16. The van der Waals surface area contributed by atoms with Crippen molar-refractivity contribution < 1.29 is 5.21 Å². The Balaban J connectivity index is 1.34. The summed E-state index contributed by atoms with van der Waals surface area (Å²) in [5.41, 5.74) is 4.87. The van der Waals surface area contributed by atoms with E-state index in [2.05, 4.69) is 40.2 Å². The van der Waals surface area contributed by atoms with Gasteiger partial charge in [-0.2, -0.15) is 0 Å². The molecule has 7 nitrogen and oxygen atoms in total. The van der Waals surface area contributed by atoms with Gasteiger partial charge in [0.15, 0.2) is 0 Å². The minimum Gasteiger partial charge on any atom is -0.307 e. The van der Waals surface area contributed by atoms with E-state index < -0.39 is 5.69 Å². The Bertz CT molecular complexity index is 1160. The third-order valence-corrected chi connectivity index (χ3v) is 5.65. The van der Waals surface area contributed by atoms with E-state index in [1.54, 1.807) is 12.1 Å². The van der Waals surface area contributed by atoms with E-state index in [9.17, 15) is 9.59 Å². The second-order valence-corrected chi connectivity index (χ2v) is 7.61. The first-order chi connectivity index (χ1) is 14.7. The van der Waals surface area contributed by atoms with E-state index in [0.29, 0.717) is 23.1 Å². The van der Waals surface area contributed by atoms with Crippen LogP contribution in [0, 0.1) is 0 Å². The van der Waals surface area contributed by atoms with Crippen molar-refractivity contribution in [3.63, 3.8) is 0 Å². The number of benzene rings is 2. The smallest absolute Gasteiger partial charge is 0.307 e. The Morgan fingerprint density at radius 1 is 1.03 bits per heavy atom. The van der Waals surface area contributed by atoms with E-state index in [1.807, 2.05) is 11.5 Å². The molecule has 30 heavy (non-hydrogen) atoms. The molecular weight excluding hydrogens is 380 g/mol. The van der Waals surface area contributed by atoms with E-state index >= 15 is 0 Å². The number of hydrogen-bond donors (Lipinski definition) is 3. The molecule has 0 atom stereocenters. The van der Waals surface area contributed by atoms with E-state index in [0.717, 1.165) is 38.9 Å². The van der Waals surface area contributed by atoms with Crippen LogP contribution in [0.1, 0.15) is 24.8 Å². The van der Waals surface area contributed by atoms with Crippen molar-refractivity contribution in [2.75, 3.05) is 25.1 Å². The normalized spacial score (nSPS) is 14.6. The van der Waals surface area contributed by atoms with Crippen LogP contribution in [-0.4, -0.2) is 39.3 Å². The third kappa shape index (κ3) is 4.37. The zero-order valence-corrected chi connectivity index (χ0v) is 16.8. The topological polar surface area (TPSA) is 90.4 Å². The number of H-pyrrole nitrogens is 1. The second-order valence-electron chi connectivity index (χ2n) is 7.61. The van der Waals surface area contributed by atoms with Crippen LogP contribution in [0.2, 0.25) is 0 Å². The molecule has 0 amide bonds. The van der Waals surface area contributed by atoms with Gasteiger partial charge < -0.3 is 4.98 Å². The first-order valence-electron chi connectivity index (χ1n) is 10.3. The minimum atomic E-state index is -0.398. The molecule has 4 rings (SSSR count). The maximum absolute atomic E-state index is 12.7. The average molecular weight is 406 g/mol. The van der Waals surface area contributed by atoms with Gasteiger partial charge in [0.05, 0.1) is 16.6 Å². The lowest BCUT2D eigenvalue weighted by Crippen LogP contribution is -2.35. The molecule has 0 aliphatic carbocycles. The predicted molar refractivity (Wildman–Crippen MR) is 119 cm³/mol. The quantitative estimate of drug-likeness (QED) is 0.414. The van der Waals surface area contributed by atoms with Crippen LogP contribution in [0.25, 0.3) is 16.5 Å². The first kappa shape index (κ1) is 20.1. The molecule has 156 valence electrons. The van der Waals surface area contributed by atoms with Gasteiger partial charge in [-0.1, -0.05) is 36.4 Å². The van der Waals surface area contributed by atoms with Crippen molar-refractivity contribution in [2.24, 2.45) is 0 Å². The maximum atomic E-state index is 12.7.